The molecular formula is C23H21BrFNO4S. The van der Waals surface area contributed by atoms with Gasteiger partial charge in [-0.05, 0) is 50.7 Å². The fraction of sp³-hybridized carbons (Fsp3) is 0.261. The predicted molar refractivity (Wildman–Crippen MR) is 121 cm³/mol. The predicted octanol–water partition coefficient (Wildman–Crippen LogP) is 5.90. The zero-order valence-corrected chi connectivity index (χ0v) is 19.7. The van der Waals surface area contributed by atoms with E-state index in [1.54, 1.807) is 36.4 Å². The molecule has 0 fully saturated rings. The third kappa shape index (κ3) is 5.57. The van der Waals surface area contributed by atoms with Crippen molar-refractivity contribution in [1.82, 2.24) is 4.98 Å². The molecular weight excluding hydrogens is 485 g/mol. The summed E-state index contributed by atoms with van der Waals surface area (Å²) in [7, 11) is 1.28. The number of ether oxygens (including phenoxy) is 2. The van der Waals surface area contributed by atoms with Gasteiger partial charge in [-0.15, -0.1) is 0 Å². The van der Waals surface area contributed by atoms with E-state index in [2.05, 4.69) is 25.7 Å². The zero-order chi connectivity index (χ0) is 22.5. The number of benzene rings is 2. The van der Waals surface area contributed by atoms with Gasteiger partial charge >= 0.3 is 11.9 Å². The van der Waals surface area contributed by atoms with E-state index in [9.17, 15) is 14.0 Å². The summed E-state index contributed by atoms with van der Waals surface area (Å²) >= 11 is 4.51. The van der Waals surface area contributed by atoms with E-state index in [-0.39, 0.29) is 17.3 Å². The Balaban J connectivity index is 1.86. The van der Waals surface area contributed by atoms with Crippen molar-refractivity contribution in [2.75, 3.05) is 13.7 Å². The lowest BCUT2D eigenvalue weighted by Crippen LogP contribution is -2.11. The van der Waals surface area contributed by atoms with Gasteiger partial charge in [-0.2, -0.15) is 0 Å². The van der Waals surface area contributed by atoms with Crippen molar-refractivity contribution < 1.29 is 23.5 Å². The van der Waals surface area contributed by atoms with Crippen LogP contribution in [0.2, 0.25) is 0 Å². The molecule has 0 saturated heterocycles. The monoisotopic (exact) mass is 505 g/mol. The Labute approximate surface area is 192 Å². The fourth-order valence-corrected chi connectivity index (χ4v) is 4.31. The number of thiazole rings is 1. The third-order valence-corrected chi connectivity index (χ3v) is 6.24. The van der Waals surface area contributed by atoms with Crippen molar-refractivity contribution in [1.29, 1.82) is 0 Å². The standard InChI is InChI=1S/C23H21BrFNO4S/c1-13(2)12-30-22(27)17-7-5-4-6-16(17)14-8-9-15(18(25)10-14)11-19-20(24)31-21(26-19)23(28)29-3/h4-10,13H,11-12H2,1-3H3. The molecule has 5 nitrogen and oxygen atoms in total. The van der Waals surface area contributed by atoms with Gasteiger partial charge in [0, 0.05) is 6.42 Å². The molecule has 3 aromatic rings. The maximum Gasteiger partial charge on any atom is 0.367 e. The normalized spacial score (nSPS) is 10.9. The number of aromatic nitrogens is 1. The summed E-state index contributed by atoms with van der Waals surface area (Å²) in [5.74, 6) is -1.18. The van der Waals surface area contributed by atoms with Crippen molar-refractivity contribution >= 4 is 39.2 Å². The second kappa shape index (κ2) is 10.2. The fourth-order valence-electron chi connectivity index (χ4n) is 2.89. The molecule has 0 saturated carbocycles. The Morgan fingerprint density at radius 1 is 1.16 bits per heavy atom. The van der Waals surface area contributed by atoms with E-state index in [4.69, 9.17) is 4.74 Å². The number of nitrogens with zero attached hydrogens (tertiary/aromatic N) is 1. The zero-order valence-electron chi connectivity index (χ0n) is 17.3. The molecule has 0 aliphatic carbocycles. The summed E-state index contributed by atoms with van der Waals surface area (Å²) in [6.45, 7) is 4.24. The second-order valence-electron chi connectivity index (χ2n) is 7.25. The molecule has 0 unspecified atom stereocenters. The van der Waals surface area contributed by atoms with Gasteiger partial charge in [-0.1, -0.05) is 55.5 Å². The number of carbonyl (C=O) groups excluding carboxylic acids is 2. The van der Waals surface area contributed by atoms with Gasteiger partial charge in [-0.3, -0.25) is 0 Å². The lowest BCUT2D eigenvalue weighted by molar-refractivity contribution is 0.0459. The summed E-state index contributed by atoms with van der Waals surface area (Å²) in [5.41, 5.74) is 2.54. The van der Waals surface area contributed by atoms with Crippen LogP contribution in [0.3, 0.4) is 0 Å². The van der Waals surface area contributed by atoms with Crippen molar-refractivity contribution in [3.05, 3.63) is 73.9 Å². The summed E-state index contributed by atoms with van der Waals surface area (Å²) in [5, 5.41) is 0.204. The van der Waals surface area contributed by atoms with E-state index >= 15 is 0 Å². The summed E-state index contributed by atoms with van der Waals surface area (Å²) in [6.07, 6.45) is 0.207. The average molecular weight is 506 g/mol. The molecule has 3 rings (SSSR count). The minimum absolute atomic E-state index is 0.204. The first kappa shape index (κ1) is 23.1. The van der Waals surface area contributed by atoms with Crippen molar-refractivity contribution in [2.45, 2.75) is 20.3 Å². The van der Waals surface area contributed by atoms with E-state index in [0.717, 1.165) is 11.3 Å². The molecule has 2 aromatic carbocycles. The van der Waals surface area contributed by atoms with Crippen LogP contribution in [-0.4, -0.2) is 30.6 Å². The van der Waals surface area contributed by atoms with Gasteiger partial charge in [0.2, 0.25) is 5.01 Å². The molecule has 0 atom stereocenters. The highest BCUT2D eigenvalue weighted by atomic mass is 79.9. The largest absolute Gasteiger partial charge is 0.464 e. The molecule has 0 bridgehead atoms. The Kier molecular flexibility index (Phi) is 7.56. The van der Waals surface area contributed by atoms with Crippen LogP contribution in [0.1, 0.15) is 45.3 Å². The molecule has 1 heterocycles. The van der Waals surface area contributed by atoms with Gasteiger partial charge in [0.1, 0.15) is 5.82 Å². The van der Waals surface area contributed by atoms with Gasteiger partial charge in [0.05, 0.1) is 28.8 Å². The van der Waals surface area contributed by atoms with E-state index < -0.39 is 17.8 Å². The maximum absolute atomic E-state index is 14.9. The first-order valence-electron chi connectivity index (χ1n) is 9.58. The highest BCUT2D eigenvalue weighted by molar-refractivity contribution is 9.11. The Morgan fingerprint density at radius 2 is 1.90 bits per heavy atom. The minimum Gasteiger partial charge on any atom is -0.464 e. The highest BCUT2D eigenvalue weighted by Crippen LogP contribution is 2.30. The highest BCUT2D eigenvalue weighted by Gasteiger charge is 2.19. The Morgan fingerprint density at radius 3 is 2.58 bits per heavy atom. The average Bonchev–Trinajstić information content (AvgIpc) is 3.13. The Bertz CT molecular complexity index is 1110. The first-order chi connectivity index (χ1) is 14.8. The van der Waals surface area contributed by atoms with Crippen molar-refractivity contribution in [3.63, 3.8) is 0 Å². The molecule has 0 amide bonds. The second-order valence-corrected chi connectivity index (χ2v) is 9.57. The maximum atomic E-state index is 14.9. The van der Waals surface area contributed by atoms with Gasteiger partial charge < -0.3 is 9.47 Å². The van der Waals surface area contributed by atoms with Crippen LogP contribution in [0.25, 0.3) is 11.1 Å². The molecule has 0 spiro atoms. The van der Waals surface area contributed by atoms with E-state index in [0.29, 0.717) is 38.3 Å². The number of hydrogen-bond acceptors (Lipinski definition) is 6. The van der Waals surface area contributed by atoms with Gasteiger partial charge in [0.15, 0.2) is 0 Å². The van der Waals surface area contributed by atoms with Crippen LogP contribution in [0, 0.1) is 11.7 Å². The first-order valence-corrected chi connectivity index (χ1v) is 11.2. The van der Waals surface area contributed by atoms with Crippen LogP contribution in [-0.2, 0) is 15.9 Å². The smallest absolute Gasteiger partial charge is 0.367 e. The Hall–Kier alpha value is -2.58. The quantitative estimate of drug-likeness (QED) is 0.374. The molecule has 0 aliphatic rings. The van der Waals surface area contributed by atoms with Crippen LogP contribution in [0.5, 0.6) is 0 Å². The summed E-state index contributed by atoms with van der Waals surface area (Å²) in [6, 6.07) is 11.8. The molecule has 0 aliphatic heterocycles. The van der Waals surface area contributed by atoms with Gasteiger partial charge in [0.25, 0.3) is 0 Å². The van der Waals surface area contributed by atoms with Crippen LogP contribution >= 0.6 is 27.3 Å². The SMILES string of the molecule is COC(=O)c1nc(Cc2ccc(-c3ccccc3C(=O)OCC(C)C)cc2F)c(Br)s1. The molecule has 0 N–H and O–H groups in total. The lowest BCUT2D eigenvalue weighted by atomic mass is 9.97. The van der Waals surface area contributed by atoms with E-state index in [1.807, 2.05) is 13.8 Å². The minimum atomic E-state index is -0.534. The van der Waals surface area contributed by atoms with Crippen LogP contribution < -0.4 is 0 Å². The lowest BCUT2D eigenvalue weighted by Gasteiger charge is -2.12. The summed E-state index contributed by atoms with van der Waals surface area (Å²) < 4.78 is 25.6. The molecule has 0 radical (unpaired) electrons. The van der Waals surface area contributed by atoms with Crippen molar-refractivity contribution in [3.8, 4) is 11.1 Å². The third-order valence-electron chi connectivity index (χ3n) is 4.43. The topological polar surface area (TPSA) is 65.5 Å². The molecule has 1 aromatic heterocycles. The number of carbonyl (C=O) groups is 2. The van der Waals surface area contributed by atoms with E-state index in [1.165, 1.54) is 13.2 Å². The number of esters is 2. The molecule has 31 heavy (non-hydrogen) atoms. The number of hydrogen-bond donors (Lipinski definition) is 0. The molecule has 8 heteroatoms. The van der Waals surface area contributed by atoms with Gasteiger partial charge in [-0.25, -0.2) is 19.0 Å². The van der Waals surface area contributed by atoms with Crippen LogP contribution in [0.4, 0.5) is 4.39 Å². The number of methoxy groups -OCH3 is 1. The van der Waals surface area contributed by atoms with Crippen molar-refractivity contribution in [2.24, 2.45) is 5.92 Å². The number of halogens is 2. The van der Waals surface area contributed by atoms with Crippen LogP contribution in [0.15, 0.2) is 46.3 Å². The summed E-state index contributed by atoms with van der Waals surface area (Å²) in [4.78, 5) is 28.4. The molecule has 162 valence electrons. The number of rotatable bonds is 7.